The van der Waals surface area contributed by atoms with E-state index >= 15 is 0 Å². The van der Waals surface area contributed by atoms with Gasteiger partial charge in [0.2, 0.25) is 11.6 Å². The normalized spacial score (nSPS) is 19.9. The summed E-state index contributed by atoms with van der Waals surface area (Å²) >= 11 is 0. The zero-order valence-electron chi connectivity index (χ0n) is 7.77. The highest BCUT2D eigenvalue weighted by Gasteiger charge is 2.38. The zero-order chi connectivity index (χ0) is 11.0. The molecule has 2 rings (SSSR count). The van der Waals surface area contributed by atoms with Gasteiger partial charge in [-0.1, -0.05) is 24.3 Å². The average molecular weight is 204 g/mol. The van der Waals surface area contributed by atoms with Crippen molar-refractivity contribution in [2.75, 3.05) is 0 Å². The van der Waals surface area contributed by atoms with E-state index in [1.165, 1.54) is 0 Å². The number of hydrogen-bond acceptors (Lipinski definition) is 3. The van der Waals surface area contributed by atoms with Crippen LogP contribution in [0, 0.1) is 0 Å². The smallest absolute Gasteiger partial charge is 0.319 e. The lowest BCUT2D eigenvalue weighted by Gasteiger charge is -2.19. The van der Waals surface area contributed by atoms with Crippen LogP contribution in [0.3, 0.4) is 0 Å². The molecule has 0 aliphatic heterocycles. The van der Waals surface area contributed by atoms with E-state index in [-0.39, 0.29) is 6.42 Å². The van der Waals surface area contributed by atoms with Crippen molar-refractivity contribution in [3.8, 4) is 0 Å². The van der Waals surface area contributed by atoms with Crippen LogP contribution in [-0.4, -0.2) is 22.6 Å². The van der Waals surface area contributed by atoms with E-state index < -0.39 is 23.5 Å². The van der Waals surface area contributed by atoms with E-state index in [4.69, 9.17) is 5.11 Å². The molecule has 1 unspecified atom stereocenters. The molecule has 1 aromatic rings. The molecule has 4 nitrogen and oxygen atoms in total. The minimum Gasteiger partial charge on any atom is -0.480 e. The minimum atomic E-state index is -1.32. The molecule has 1 aliphatic carbocycles. The summed E-state index contributed by atoms with van der Waals surface area (Å²) < 4.78 is 0. The van der Waals surface area contributed by atoms with Gasteiger partial charge in [-0.05, 0) is 11.1 Å². The fraction of sp³-hybridized carbons (Fsp3) is 0.182. The third-order valence-electron chi connectivity index (χ3n) is 2.50. The molecular formula is C11H8O4. The highest BCUT2D eigenvalue weighted by molar-refractivity contribution is 6.44. The number of benzene rings is 1. The van der Waals surface area contributed by atoms with Gasteiger partial charge in [0.1, 0.15) is 5.92 Å². The van der Waals surface area contributed by atoms with Crippen molar-refractivity contribution in [2.24, 2.45) is 0 Å². The second kappa shape index (κ2) is 3.31. The topological polar surface area (TPSA) is 71.4 Å². The van der Waals surface area contributed by atoms with Crippen molar-refractivity contribution in [3.05, 3.63) is 35.4 Å². The van der Waals surface area contributed by atoms with Crippen LogP contribution < -0.4 is 0 Å². The van der Waals surface area contributed by atoms with Crippen LogP contribution in [0.25, 0.3) is 0 Å². The number of carbonyl (C=O) groups is 3. The highest BCUT2D eigenvalue weighted by Crippen LogP contribution is 2.27. The van der Waals surface area contributed by atoms with Gasteiger partial charge in [0.05, 0.1) is 0 Å². The molecular weight excluding hydrogens is 196 g/mol. The summed E-state index contributed by atoms with van der Waals surface area (Å²) in [6.45, 7) is 0. The number of fused-ring (bicyclic) bond motifs is 1. The Labute approximate surface area is 85.5 Å². The Morgan fingerprint density at radius 3 is 2.60 bits per heavy atom. The van der Waals surface area contributed by atoms with E-state index in [9.17, 15) is 14.4 Å². The first kappa shape index (κ1) is 9.58. The third kappa shape index (κ3) is 1.44. The largest absolute Gasteiger partial charge is 0.480 e. The second-order valence-corrected chi connectivity index (χ2v) is 3.43. The summed E-state index contributed by atoms with van der Waals surface area (Å²) in [5, 5.41) is 8.90. The van der Waals surface area contributed by atoms with E-state index in [1.807, 2.05) is 0 Å². The maximum atomic E-state index is 11.4. The van der Waals surface area contributed by atoms with Gasteiger partial charge in [-0.2, -0.15) is 0 Å². The molecule has 1 aromatic carbocycles. The van der Waals surface area contributed by atoms with Gasteiger partial charge in [0, 0.05) is 6.42 Å². The van der Waals surface area contributed by atoms with Crippen LogP contribution in [0.15, 0.2) is 24.3 Å². The molecule has 0 bridgehead atoms. The van der Waals surface area contributed by atoms with Gasteiger partial charge < -0.3 is 5.11 Å². The van der Waals surface area contributed by atoms with Gasteiger partial charge in [-0.25, -0.2) is 0 Å². The van der Waals surface area contributed by atoms with E-state index in [2.05, 4.69) is 0 Å². The molecule has 0 radical (unpaired) electrons. The Kier molecular flexibility index (Phi) is 2.11. The number of hydrogen-bond donors (Lipinski definition) is 1. The predicted molar refractivity (Wildman–Crippen MR) is 50.5 cm³/mol. The van der Waals surface area contributed by atoms with Crippen molar-refractivity contribution >= 4 is 17.5 Å². The molecule has 0 saturated heterocycles. The van der Waals surface area contributed by atoms with Crippen molar-refractivity contribution in [1.82, 2.24) is 0 Å². The van der Waals surface area contributed by atoms with Crippen molar-refractivity contribution in [1.29, 1.82) is 0 Å². The molecule has 1 N–H and O–H groups in total. The quantitative estimate of drug-likeness (QED) is 0.535. The molecule has 0 saturated carbocycles. The first-order chi connectivity index (χ1) is 7.11. The molecule has 76 valence electrons. The third-order valence-corrected chi connectivity index (χ3v) is 2.50. The summed E-state index contributed by atoms with van der Waals surface area (Å²) in [6, 6.07) is 6.65. The van der Waals surface area contributed by atoms with Crippen LogP contribution in [-0.2, 0) is 20.8 Å². The number of rotatable bonds is 1. The first-order valence-corrected chi connectivity index (χ1v) is 4.49. The maximum Gasteiger partial charge on any atom is 0.319 e. The van der Waals surface area contributed by atoms with Gasteiger partial charge in [0.25, 0.3) is 0 Å². The lowest BCUT2D eigenvalue weighted by atomic mass is 9.81. The van der Waals surface area contributed by atoms with E-state index in [0.717, 1.165) is 0 Å². The fourth-order valence-corrected chi connectivity index (χ4v) is 1.78. The average Bonchev–Trinajstić information content (AvgIpc) is 2.19. The standard InChI is InChI=1S/C11H8O4/c12-8-5-6-3-1-2-4-7(6)9(10(8)13)11(14)15/h1-4,9H,5H2,(H,14,15). The van der Waals surface area contributed by atoms with E-state index in [1.54, 1.807) is 24.3 Å². The molecule has 0 amide bonds. The molecule has 0 aromatic heterocycles. The van der Waals surface area contributed by atoms with Crippen LogP contribution in [0.1, 0.15) is 17.0 Å². The number of ketones is 2. The highest BCUT2D eigenvalue weighted by atomic mass is 16.4. The molecule has 1 atom stereocenters. The summed E-state index contributed by atoms with van der Waals surface area (Å²) in [6.07, 6.45) is 0.0127. The fourth-order valence-electron chi connectivity index (χ4n) is 1.78. The first-order valence-electron chi connectivity index (χ1n) is 4.49. The lowest BCUT2D eigenvalue weighted by molar-refractivity contribution is -0.147. The number of aliphatic carboxylic acids is 1. The molecule has 4 heteroatoms. The van der Waals surface area contributed by atoms with Crippen LogP contribution in [0.5, 0.6) is 0 Å². The number of Topliss-reactive ketones (excluding diaryl/α,β-unsaturated/α-hetero) is 2. The number of carboxylic acid groups (broad SMARTS) is 1. The van der Waals surface area contributed by atoms with E-state index in [0.29, 0.717) is 11.1 Å². The van der Waals surface area contributed by atoms with Gasteiger partial charge in [-0.3, -0.25) is 14.4 Å². The molecule has 1 aliphatic rings. The van der Waals surface area contributed by atoms with Gasteiger partial charge in [-0.15, -0.1) is 0 Å². The summed E-state index contributed by atoms with van der Waals surface area (Å²) in [4.78, 5) is 33.6. The second-order valence-electron chi connectivity index (χ2n) is 3.43. The Hall–Kier alpha value is -1.97. The molecule has 0 fully saturated rings. The van der Waals surface area contributed by atoms with Crippen LogP contribution in [0.4, 0.5) is 0 Å². The number of carbonyl (C=O) groups excluding carboxylic acids is 2. The lowest BCUT2D eigenvalue weighted by Crippen LogP contribution is -2.34. The number of carboxylic acids is 1. The summed E-state index contributed by atoms with van der Waals surface area (Å²) in [7, 11) is 0. The van der Waals surface area contributed by atoms with Crippen molar-refractivity contribution in [3.63, 3.8) is 0 Å². The Bertz CT molecular complexity index is 461. The van der Waals surface area contributed by atoms with Crippen molar-refractivity contribution < 1.29 is 19.5 Å². The molecule has 0 spiro atoms. The van der Waals surface area contributed by atoms with Gasteiger partial charge in [0.15, 0.2) is 0 Å². The SMILES string of the molecule is O=C1Cc2ccccc2C(C(=O)O)C1=O. The van der Waals surface area contributed by atoms with Crippen LogP contribution in [0.2, 0.25) is 0 Å². The maximum absolute atomic E-state index is 11.4. The van der Waals surface area contributed by atoms with Crippen molar-refractivity contribution in [2.45, 2.75) is 12.3 Å². The monoisotopic (exact) mass is 204 g/mol. The Morgan fingerprint density at radius 2 is 1.93 bits per heavy atom. The molecule has 0 heterocycles. The molecule has 15 heavy (non-hydrogen) atoms. The van der Waals surface area contributed by atoms with Gasteiger partial charge >= 0.3 is 5.97 Å². The minimum absolute atomic E-state index is 0.0127. The Balaban J connectivity index is 2.59. The zero-order valence-corrected chi connectivity index (χ0v) is 7.77. The Morgan fingerprint density at radius 1 is 1.27 bits per heavy atom. The van der Waals surface area contributed by atoms with Crippen LogP contribution >= 0.6 is 0 Å². The predicted octanol–water partition coefficient (Wildman–Crippen LogP) is 0.549. The summed E-state index contributed by atoms with van der Waals surface area (Å²) in [5.41, 5.74) is 1.07. The summed E-state index contributed by atoms with van der Waals surface area (Å²) in [5.74, 6) is -4.02.